The molecule has 1 atom stereocenters. The summed E-state index contributed by atoms with van der Waals surface area (Å²) in [5.41, 5.74) is 0. The molecule has 13 heavy (non-hydrogen) atoms. The molecule has 1 nitrogen and oxygen atoms in total. The SMILES string of the molecule is C#CCCC(CCCCC)C(C)=O. The maximum Gasteiger partial charge on any atom is 0.132 e. The molecular formula is C12H20O. The largest absolute Gasteiger partial charge is 0.300 e. The quantitative estimate of drug-likeness (QED) is 0.434. The van der Waals surface area contributed by atoms with Crippen molar-refractivity contribution in [1.82, 2.24) is 0 Å². The molecule has 0 spiro atoms. The van der Waals surface area contributed by atoms with Gasteiger partial charge in [0, 0.05) is 12.3 Å². The van der Waals surface area contributed by atoms with E-state index in [9.17, 15) is 4.79 Å². The van der Waals surface area contributed by atoms with Gasteiger partial charge in [-0.1, -0.05) is 26.2 Å². The Morgan fingerprint density at radius 2 is 2.08 bits per heavy atom. The van der Waals surface area contributed by atoms with Crippen molar-refractivity contribution >= 4 is 5.78 Å². The summed E-state index contributed by atoms with van der Waals surface area (Å²) in [7, 11) is 0. The second-order valence-electron chi connectivity index (χ2n) is 3.55. The van der Waals surface area contributed by atoms with Gasteiger partial charge in [-0.2, -0.15) is 0 Å². The van der Waals surface area contributed by atoms with Gasteiger partial charge in [0.25, 0.3) is 0 Å². The lowest BCUT2D eigenvalue weighted by molar-refractivity contribution is -0.121. The van der Waals surface area contributed by atoms with Gasteiger partial charge in [0.15, 0.2) is 0 Å². The number of terminal acetylenes is 1. The summed E-state index contributed by atoms with van der Waals surface area (Å²) < 4.78 is 0. The van der Waals surface area contributed by atoms with Crippen LogP contribution in [0.5, 0.6) is 0 Å². The van der Waals surface area contributed by atoms with Gasteiger partial charge in [-0.15, -0.1) is 12.3 Å². The zero-order valence-corrected chi connectivity index (χ0v) is 8.81. The first-order valence-corrected chi connectivity index (χ1v) is 5.16. The normalized spacial score (nSPS) is 12.1. The van der Waals surface area contributed by atoms with Crippen molar-refractivity contribution in [1.29, 1.82) is 0 Å². The monoisotopic (exact) mass is 180 g/mol. The van der Waals surface area contributed by atoms with E-state index in [1.54, 1.807) is 6.92 Å². The van der Waals surface area contributed by atoms with Crippen molar-refractivity contribution < 1.29 is 4.79 Å². The van der Waals surface area contributed by atoms with E-state index in [0.717, 1.165) is 25.7 Å². The second kappa shape index (κ2) is 7.86. The van der Waals surface area contributed by atoms with Crippen LogP contribution < -0.4 is 0 Å². The summed E-state index contributed by atoms with van der Waals surface area (Å²) in [4.78, 5) is 11.2. The van der Waals surface area contributed by atoms with Crippen LogP contribution in [0.15, 0.2) is 0 Å². The van der Waals surface area contributed by atoms with Crippen LogP contribution in [0.2, 0.25) is 0 Å². The van der Waals surface area contributed by atoms with Gasteiger partial charge in [-0.25, -0.2) is 0 Å². The highest BCUT2D eigenvalue weighted by atomic mass is 16.1. The summed E-state index contributed by atoms with van der Waals surface area (Å²) in [6, 6.07) is 0. The second-order valence-corrected chi connectivity index (χ2v) is 3.55. The summed E-state index contributed by atoms with van der Waals surface area (Å²) in [6.45, 7) is 3.84. The van der Waals surface area contributed by atoms with Crippen molar-refractivity contribution in [2.45, 2.75) is 52.4 Å². The Hall–Kier alpha value is -0.770. The van der Waals surface area contributed by atoms with Crippen LogP contribution in [-0.2, 0) is 4.79 Å². The Bertz CT molecular complexity index is 176. The highest BCUT2D eigenvalue weighted by Crippen LogP contribution is 2.16. The smallest absolute Gasteiger partial charge is 0.132 e. The Kier molecular flexibility index (Phi) is 7.39. The van der Waals surface area contributed by atoms with Gasteiger partial charge in [0.1, 0.15) is 5.78 Å². The third-order valence-corrected chi connectivity index (χ3v) is 2.37. The van der Waals surface area contributed by atoms with Gasteiger partial charge < -0.3 is 0 Å². The Balaban J connectivity index is 3.68. The third-order valence-electron chi connectivity index (χ3n) is 2.37. The number of carbonyl (C=O) groups is 1. The minimum absolute atomic E-state index is 0.211. The lowest BCUT2D eigenvalue weighted by atomic mass is 9.93. The van der Waals surface area contributed by atoms with Gasteiger partial charge >= 0.3 is 0 Å². The molecule has 0 aromatic carbocycles. The fourth-order valence-electron chi connectivity index (χ4n) is 1.45. The average Bonchev–Trinajstić information content (AvgIpc) is 2.10. The zero-order chi connectivity index (χ0) is 10.1. The molecule has 0 saturated carbocycles. The molecular weight excluding hydrogens is 160 g/mol. The van der Waals surface area contributed by atoms with Crippen molar-refractivity contribution in [3.8, 4) is 12.3 Å². The molecule has 0 aliphatic carbocycles. The number of carbonyl (C=O) groups excluding carboxylic acids is 1. The van der Waals surface area contributed by atoms with Crippen molar-refractivity contribution in [2.24, 2.45) is 5.92 Å². The third kappa shape index (κ3) is 6.40. The van der Waals surface area contributed by atoms with E-state index < -0.39 is 0 Å². The average molecular weight is 180 g/mol. The Labute approximate surface area is 81.9 Å². The molecule has 0 fully saturated rings. The van der Waals surface area contributed by atoms with E-state index in [1.165, 1.54) is 12.8 Å². The molecule has 0 heterocycles. The predicted molar refractivity (Wildman–Crippen MR) is 56.4 cm³/mol. The van der Waals surface area contributed by atoms with E-state index in [0.29, 0.717) is 5.78 Å². The highest BCUT2D eigenvalue weighted by molar-refractivity contribution is 5.78. The fourth-order valence-corrected chi connectivity index (χ4v) is 1.45. The summed E-state index contributed by atoms with van der Waals surface area (Å²) >= 11 is 0. The Morgan fingerprint density at radius 1 is 1.38 bits per heavy atom. The van der Waals surface area contributed by atoms with Gasteiger partial charge in [-0.3, -0.25) is 4.79 Å². The molecule has 0 aromatic rings. The molecule has 0 bridgehead atoms. The van der Waals surface area contributed by atoms with Crippen LogP contribution in [-0.4, -0.2) is 5.78 Å². The standard InChI is InChI=1S/C12H20O/c1-4-6-8-10-12(11(3)13)9-7-5-2/h2,12H,4,6-10H2,1,3H3. The molecule has 0 amide bonds. The van der Waals surface area contributed by atoms with Gasteiger partial charge in [-0.05, 0) is 19.8 Å². The molecule has 0 N–H and O–H groups in total. The van der Waals surface area contributed by atoms with Crippen molar-refractivity contribution in [2.75, 3.05) is 0 Å². The molecule has 0 radical (unpaired) electrons. The topological polar surface area (TPSA) is 17.1 Å². The van der Waals surface area contributed by atoms with E-state index in [1.807, 2.05) is 0 Å². The number of ketones is 1. The first-order valence-electron chi connectivity index (χ1n) is 5.16. The van der Waals surface area contributed by atoms with E-state index in [-0.39, 0.29) is 5.92 Å². The van der Waals surface area contributed by atoms with Gasteiger partial charge in [0.2, 0.25) is 0 Å². The summed E-state index contributed by atoms with van der Waals surface area (Å²) in [5.74, 6) is 3.10. The molecule has 0 aliphatic rings. The number of hydrogen-bond donors (Lipinski definition) is 0. The number of unbranched alkanes of at least 4 members (excludes halogenated alkanes) is 2. The molecule has 74 valence electrons. The first-order chi connectivity index (χ1) is 6.22. The minimum Gasteiger partial charge on any atom is -0.300 e. The zero-order valence-electron chi connectivity index (χ0n) is 8.81. The van der Waals surface area contributed by atoms with Crippen molar-refractivity contribution in [3.05, 3.63) is 0 Å². The van der Waals surface area contributed by atoms with Crippen molar-refractivity contribution in [3.63, 3.8) is 0 Å². The van der Waals surface area contributed by atoms with Crippen LogP contribution >= 0.6 is 0 Å². The maximum absolute atomic E-state index is 11.2. The van der Waals surface area contributed by atoms with Crippen LogP contribution in [0, 0.1) is 18.3 Å². The molecule has 0 aliphatic heterocycles. The predicted octanol–water partition coefficient (Wildman–Crippen LogP) is 3.19. The number of Topliss-reactive ketones (excluding diaryl/α,β-unsaturated/α-hetero) is 1. The maximum atomic E-state index is 11.2. The molecule has 1 heteroatoms. The lowest BCUT2D eigenvalue weighted by Crippen LogP contribution is -2.10. The number of rotatable bonds is 7. The highest BCUT2D eigenvalue weighted by Gasteiger charge is 2.12. The van der Waals surface area contributed by atoms with Crippen LogP contribution in [0.1, 0.15) is 52.4 Å². The number of hydrogen-bond acceptors (Lipinski definition) is 1. The first kappa shape index (κ1) is 12.2. The molecule has 0 saturated heterocycles. The molecule has 0 rings (SSSR count). The minimum atomic E-state index is 0.211. The lowest BCUT2D eigenvalue weighted by Gasteiger charge is -2.11. The van der Waals surface area contributed by atoms with Crippen LogP contribution in [0.3, 0.4) is 0 Å². The Morgan fingerprint density at radius 3 is 2.54 bits per heavy atom. The van der Waals surface area contributed by atoms with E-state index in [2.05, 4.69) is 12.8 Å². The van der Waals surface area contributed by atoms with Crippen LogP contribution in [0.25, 0.3) is 0 Å². The van der Waals surface area contributed by atoms with E-state index >= 15 is 0 Å². The fraction of sp³-hybridized carbons (Fsp3) is 0.750. The summed E-state index contributed by atoms with van der Waals surface area (Å²) in [6.07, 6.45) is 11.4. The molecule has 1 unspecified atom stereocenters. The summed E-state index contributed by atoms with van der Waals surface area (Å²) in [5, 5.41) is 0. The molecule has 0 aromatic heterocycles. The van der Waals surface area contributed by atoms with Crippen LogP contribution in [0.4, 0.5) is 0 Å². The van der Waals surface area contributed by atoms with Gasteiger partial charge in [0.05, 0.1) is 0 Å². The van der Waals surface area contributed by atoms with E-state index in [4.69, 9.17) is 6.42 Å².